The van der Waals surface area contributed by atoms with Crippen LogP contribution in [0.15, 0.2) is 0 Å². The van der Waals surface area contributed by atoms with E-state index in [9.17, 15) is 4.79 Å². The molecule has 2 fully saturated rings. The van der Waals surface area contributed by atoms with Gasteiger partial charge in [0.1, 0.15) is 0 Å². The highest BCUT2D eigenvalue weighted by Crippen LogP contribution is 2.24. The van der Waals surface area contributed by atoms with Crippen LogP contribution >= 0.6 is 0 Å². The first-order chi connectivity index (χ1) is 9.27. The summed E-state index contributed by atoms with van der Waals surface area (Å²) in [5, 5.41) is 6.53. The lowest BCUT2D eigenvalue weighted by Gasteiger charge is -2.30. The third-order valence-electron chi connectivity index (χ3n) is 4.17. The van der Waals surface area contributed by atoms with E-state index < -0.39 is 0 Å². The lowest BCUT2D eigenvalue weighted by atomic mass is 9.91. The van der Waals surface area contributed by atoms with E-state index in [1.54, 1.807) is 0 Å². The zero-order valence-corrected chi connectivity index (χ0v) is 12.0. The van der Waals surface area contributed by atoms with E-state index in [4.69, 9.17) is 4.74 Å². The van der Waals surface area contributed by atoms with Crippen molar-refractivity contribution in [3.63, 3.8) is 0 Å². The molecule has 19 heavy (non-hydrogen) atoms. The lowest BCUT2D eigenvalue weighted by Crippen LogP contribution is -2.54. The molecule has 1 unspecified atom stereocenters. The largest absolute Gasteiger partial charge is 0.379 e. The second-order valence-electron chi connectivity index (χ2n) is 5.57. The Kier molecular flexibility index (Phi) is 5.60. The average Bonchev–Trinajstić information content (AvgIpc) is 2.90. The molecule has 0 bridgehead atoms. The van der Waals surface area contributed by atoms with Gasteiger partial charge in [0, 0.05) is 26.2 Å². The summed E-state index contributed by atoms with van der Waals surface area (Å²) in [6.07, 6.45) is 4.07. The number of rotatable bonds is 6. The fraction of sp³-hybridized carbons (Fsp3) is 0.929. The molecule has 1 amide bonds. The van der Waals surface area contributed by atoms with Gasteiger partial charge in [0.2, 0.25) is 5.91 Å². The molecule has 0 aromatic heterocycles. The van der Waals surface area contributed by atoms with Gasteiger partial charge in [-0.1, -0.05) is 13.3 Å². The standard InChI is InChI=1S/C14H27N3O2/c1-2-4-14(5-3-6-16-14)13(18)15-7-8-17-9-11-19-12-10-17/h16H,2-12H2,1H3,(H,15,18). The van der Waals surface area contributed by atoms with Crippen LogP contribution in [-0.4, -0.2) is 62.3 Å². The third-order valence-corrected chi connectivity index (χ3v) is 4.17. The van der Waals surface area contributed by atoms with Gasteiger partial charge in [0.25, 0.3) is 0 Å². The van der Waals surface area contributed by atoms with E-state index in [-0.39, 0.29) is 11.4 Å². The Bertz CT molecular complexity index is 284. The number of nitrogens with one attached hydrogen (secondary N) is 2. The van der Waals surface area contributed by atoms with E-state index in [1.807, 2.05) is 0 Å². The number of morpholine rings is 1. The van der Waals surface area contributed by atoms with Gasteiger partial charge in [-0.3, -0.25) is 9.69 Å². The average molecular weight is 269 g/mol. The van der Waals surface area contributed by atoms with Crippen LogP contribution in [0.5, 0.6) is 0 Å². The zero-order chi connectivity index (χ0) is 13.6. The summed E-state index contributed by atoms with van der Waals surface area (Å²) >= 11 is 0. The molecule has 0 aromatic rings. The molecular formula is C14H27N3O2. The Morgan fingerprint density at radius 1 is 1.42 bits per heavy atom. The van der Waals surface area contributed by atoms with Gasteiger partial charge >= 0.3 is 0 Å². The van der Waals surface area contributed by atoms with E-state index in [0.717, 1.165) is 71.6 Å². The maximum absolute atomic E-state index is 12.4. The van der Waals surface area contributed by atoms with Crippen molar-refractivity contribution in [1.82, 2.24) is 15.5 Å². The van der Waals surface area contributed by atoms with Gasteiger partial charge in [-0.25, -0.2) is 0 Å². The fourth-order valence-corrected chi connectivity index (χ4v) is 3.08. The Labute approximate surface area is 116 Å². The maximum Gasteiger partial charge on any atom is 0.240 e. The molecule has 0 spiro atoms. The first kappa shape index (κ1) is 14.8. The zero-order valence-electron chi connectivity index (χ0n) is 12.0. The smallest absolute Gasteiger partial charge is 0.240 e. The van der Waals surface area contributed by atoms with Crippen LogP contribution in [0.25, 0.3) is 0 Å². The highest BCUT2D eigenvalue weighted by molar-refractivity contribution is 5.86. The number of ether oxygens (including phenoxy) is 1. The molecule has 2 saturated heterocycles. The van der Waals surface area contributed by atoms with E-state index >= 15 is 0 Å². The number of carbonyl (C=O) groups excluding carboxylic acids is 1. The molecule has 110 valence electrons. The Morgan fingerprint density at radius 3 is 2.84 bits per heavy atom. The fourth-order valence-electron chi connectivity index (χ4n) is 3.08. The topological polar surface area (TPSA) is 53.6 Å². The van der Waals surface area contributed by atoms with Crippen molar-refractivity contribution >= 4 is 5.91 Å². The van der Waals surface area contributed by atoms with Crippen molar-refractivity contribution in [3.05, 3.63) is 0 Å². The first-order valence-corrected chi connectivity index (χ1v) is 7.60. The minimum absolute atomic E-state index is 0.195. The molecule has 2 heterocycles. The molecule has 5 nitrogen and oxygen atoms in total. The number of carbonyl (C=O) groups is 1. The van der Waals surface area contributed by atoms with Crippen LogP contribution in [0, 0.1) is 0 Å². The van der Waals surface area contributed by atoms with E-state index in [1.165, 1.54) is 0 Å². The van der Waals surface area contributed by atoms with E-state index in [2.05, 4.69) is 22.5 Å². The van der Waals surface area contributed by atoms with Crippen LogP contribution in [0.3, 0.4) is 0 Å². The van der Waals surface area contributed by atoms with Crippen molar-refractivity contribution in [2.24, 2.45) is 0 Å². The number of hydrogen-bond donors (Lipinski definition) is 2. The molecule has 0 radical (unpaired) electrons. The summed E-state index contributed by atoms with van der Waals surface area (Å²) in [5.74, 6) is 0.195. The van der Waals surface area contributed by atoms with Crippen LogP contribution in [0.1, 0.15) is 32.6 Å². The normalized spacial score (nSPS) is 28.5. The Hall–Kier alpha value is -0.650. The third kappa shape index (κ3) is 3.91. The van der Waals surface area contributed by atoms with Crippen LogP contribution in [0.4, 0.5) is 0 Å². The first-order valence-electron chi connectivity index (χ1n) is 7.60. The molecule has 1 atom stereocenters. The van der Waals surface area contributed by atoms with E-state index in [0.29, 0.717) is 0 Å². The van der Waals surface area contributed by atoms with Crippen molar-refractivity contribution in [1.29, 1.82) is 0 Å². The summed E-state index contributed by atoms with van der Waals surface area (Å²) in [4.78, 5) is 14.7. The number of amides is 1. The Morgan fingerprint density at radius 2 is 2.21 bits per heavy atom. The molecule has 0 aliphatic carbocycles. The molecule has 5 heteroatoms. The van der Waals surface area contributed by atoms with Crippen LogP contribution in [0.2, 0.25) is 0 Å². The minimum atomic E-state index is -0.292. The highest BCUT2D eigenvalue weighted by atomic mass is 16.5. The summed E-state index contributed by atoms with van der Waals surface area (Å²) < 4.78 is 5.32. The molecule has 2 aliphatic heterocycles. The van der Waals surface area contributed by atoms with Crippen LogP contribution in [-0.2, 0) is 9.53 Å². The predicted molar refractivity (Wildman–Crippen MR) is 75.1 cm³/mol. The van der Waals surface area contributed by atoms with Gasteiger partial charge in [-0.2, -0.15) is 0 Å². The second kappa shape index (κ2) is 7.22. The van der Waals surface area contributed by atoms with Crippen molar-refractivity contribution in [3.8, 4) is 0 Å². The molecule has 2 rings (SSSR count). The summed E-state index contributed by atoms with van der Waals surface area (Å²) in [5.41, 5.74) is -0.292. The van der Waals surface area contributed by atoms with Gasteiger partial charge in [0.05, 0.1) is 18.8 Å². The molecular weight excluding hydrogens is 242 g/mol. The molecule has 0 aromatic carbocycles. The van der Waals surface area contributed by atoms with Gasteiger partial charge < -0.3 is 15.4 Å². The Balaban J connectivity index is 1.73. The number of hydrogen-bond acceptors (Lipinski definition) is 4. The summed E-state index contributed by atoms with van der Waals surface area (Å²) in [6, 6.07) is 0. The minimum Gasteiger partial charge on any atom is -0.379 e. The van der Waals surface area contributed by atoms with Crippen molar-refractivity contribution < 1.29 is 9.53 Å². The quantitative estimate of drug-likeness (QED) is 0.731. The summed E-state index contributed by atoms with van der Waals surface area (Å²) in [7, 11) is 0. The number of nitrogens with zero attached hydrogens (tertiary/aromatic N) is 1. The van der Waals surface area contributed by atoms with Crippen molar-refractivity contribution in [2.45, 2.75) is 38.1 Å². The monoisotopic (exact) mass is 269 g/mol. The molecule has 2 aliphatic rings. The molecule has 2 N–H and O–H groups in total. The summed E-state index contributed by atoms with van der Waals surface area (Å²) in [6.45, 7) is 8.37. The lowest BCUT2D eigenvalue weighted by molar-refractivity contribution is -0.127. The SMILES string of the molecule is CCCC1(C(=O)NCCN2CCOCC2)CCCN1. The van der Waals surface area contributed by atoms with Gasteiger partial charge in [-0.15, -0.1) is 0 Å². The second-order valence-corrected chi connectivity index (χ2v) is 5.57. The molecule has 0 saturated carbocycles. The van der Waals surface area contributed by atoms with Crippen molar-refractivity contribution in [2.75, 3.05) is 45.9 Å². The van der Waals surface area contributed by atoms with Crippen LogP contribution < -0.4 is 10.6 Å². The van der Waals surface area contributed by atoms with Gasteiger partial charge in [0.15, 0.2) is 0 Å². The maximum atomic E-state index is 12.4. The predicted octanol–water partition coefficient (Wildman–Crippen LogP) is 0.357. The highest BCUT2D eigenvalue weighted by Gasteiger charge is 2.39. The van der Waals surface area contributed by atoms with Gasteiger partial charge in [-0.05, 0) is 25.8 Å².